The zero-order valence-corrected chi connectivity index (χ0v) is 19.3. The third-order valence-electron chi connectivity index (χ3n) is 4.46. The predicted octanol–water partition coefficient (Wildman–Crippen LogP) is 4.68. The van der Waals surface area contributed by atoms with Crippen LogP contribution in [0.3, 0.4) is 0 Å². The Morgan fingerprint density at radius 1 is 1.10 bits per heavy atom. The number of hydrogen-bond acceptors (Lipinski definition) is 4. The molecule has 0 unspecified atom stereocenters. The van der Waals surface area contributed by atoms with Crippen LogP contribution in [0, 0.1) is 5.82 Å². The first-order valence-electron chi connectivity index (χ1n) is 8.96. The lowest BCUT2D eigenvalue weighted by atomic mass is 10.2. The summed E-state index contributed by atoms with van der Waals surface area (Å²) in [6.45, 7) is 0. The maximum atomic E-state index is 13.1. The molecule has 31 heavy (non-hydrogen) atoms. The highest BCUT2D eigenvalue weighted by molar-refractivity contribution is 9.10. The Morgan fingerprint density at radius 2 is 1.81 bits per heavy atom. The fraction of sp³-hybridized carbons (Fsp3) is 0.0476. The number of benzene rings is 3. The number of fused-ring (bicyclic) bond motifs is 1. The minimum Gasteiger partial charge on any atom is -0.318 e. The number of nitrogens with zero attached hydrogens (tertiary/aromatic N) is 2. The molecule has 0 aliphatic heterocycles. The van der Waals surface area contributed by atoms with E-state index in [-0.39, 0.29) is 16.1 Å². The van der Waals surface area contributed by atoms with Crippen molar-refractivity contribution in [1.29, 1.82) is 0 Å². The molecule has 1 N–H and O–H groups in total. The molecule has 0 aliphatic rings. The van der Waals surface area contributed by atoms with Crippen LogP contribution in [-0.2, 0) is 17.1 Å². The van der Waals surface area contributed by atoms with Gasteiger partial charge in [-0.15, -0.1) is 0 Å². The fourth-order valence-corrected chi connectivity index (χ4v) is 5.82. The van der Waals surface area contributed by atoms with Crippen molar-refractivity contribution >= 4 is 59.1 Å². The normalized spacial score (nSPS) is 12.3. The lowest BCUT2D eigenvalue weighted by Crippen LogP contribution is -2.15. The monoisotopic (exact) mass is 519 g/mol. The Morgan fingerprint density at radius 3 is 2.52 bits per heavy atom. The second kappa shape index (κ2) is 8.37. The van der Waals surface area contributed by atoms with Gasteiger partial charge in [0.05, 0.1) is 15.1 Å². The summed E-state index contributed by atoms with van der Waals surface area (Å²) in [6, 6.07) is 16.3. The quantitative estimate of drug-likeness (QED) is 0.424. The minimum absolute atomic E-state index is 0.0850. The van der Waals surface area contributed by atoms with Crippen LogP contribution in [-0.4, -0.2) is 18.9 Å². The van der Waals surface area contributed by atoms with Crippen LogP contribution >= 0.6 is 27.3 Å². The summed E-state index contributed by atoms with van der Waals surface area (Å²) < 4.78 is 44.2. The van der Waals surface area contributed by atoms with Crippen LogP contribution in [0.4, 0.5) is 10.1 Å². The minimum atomic E-state index is -3.93. The van der Waals surface area contributed by atoms with Gasteiger partial charge in [-0.2, -0.15) is 4.99 Å². The number of hydrogen-bond donors (Lipinski definition) is 1. The van der Waals surface area contributed by atoms with Gasteiger partial charge in [0.25, 0.3) is 15.9 Å². The molecule has 0 saturated heterocycles. The molecule has 10 heteroatoms. The molecule has 4 aromatic rings. The highest BCUT2D eigenvalue weighted by Crippen LogP contribution is 2.25. The Bertz CT molecular complexity index is 1480. The van der Waals surface area contributed by atoms with E-state index in [0.717, 1.165) is 26.8 Å². The third-order valence-corrected chi connectivity index (χ3v) is 7.59. The summed E-state index contributed by atoms with van der Waals surface area (Å²) in [5.74, 6) is -1.03. The topological polar surface area (TPSA) is 80.5 Å². The van der Waals surface area contributed by atoms with E-state index in [2.05, 4.69) is 25.6 Å². The molecule has 1 aromatic heterocycles. The number of halogens is 2. The fourth-order valence-electron chi connectivity index (χ4n) is 2.96. The van der Waals surface area contributed by atoms with Crippen molar-refractivity contribution < 1.29 is 17.6 Å². The molecule has 0 bridgehead atoms. The van der Waals surface area contributed by atoms with E-state index in [1.54, 1.807) is 12.1 Å². The van der Waals surface area contributed by atoms with Crippen LogP contribution in [0.15, 0.2) is 81.1 Å². The predicted molar refractivity (Wildman–Crippen MR) is 122 cm³/mol. The van der Waals surface area contributed by atoms with Gasteiger partial charge in [0.1, 0.15) is 5.82 Å². The van der Waals surface area contributed by atoms with Gasteiger partial charge >= 0.3 is 0 Å². The molecule has 0 radical (unpaired) electrons. The van der Waals surface area contributed by atoms with Gasteiger partial charge in [-0.05, 0) is 70.5 Å². The second-order valence-corrected chi connectivity index (χ2v) is 10.1. The summed E-state index contributed by atoms with van der Waals surface area (Å²) in [6.07, 6.45) is 0. The van der Waals surface area contributed by atoms with Crippen molar-refractivity contribution in [2.24, 2.45) is 12.0 Å². The van der Waals surface area contributed by atoms with Crippen molar-refractivity contribution in [3.63, 3.8) is 0 Å². The molecule has 4 rings (SSSR count). The molecule has 0 saturated carbocycles. The van der Waals surface area contributed by atoms with Gasteiger partial charge in [-0.3, -0.25) is 9.52 Å². The number of rotatable bonds is 4. The third kappa shape index (κ3) is 4.46. The van der Waals surface area contributed by atoms with E-state index in [4.69, 9.17) is 0 Å². The van der Waals surface area contributed by atoms with Crippen molar-refractivity contribution in [2.45, 2.75) is 4.90 Å². The number of sulfonamides is 1. The SMILES string of the molecule is Cn1c(=NC(=O)c2cccc(NS(=O)(=O)c3ccc(F)cc3)c2)sc2cccc(Br)c21. The molecule has 0 spiro atoms. The molecule has 1 heterocycles. The molecular weight excluding hydrogens is 505 g/mol. The lowest BCUT2D eigenvalue weighted by Gasteiger charge is -2.08. The number of thiazole rings is 1. The van der Waals surface area contributed by atoms with Crippen molar-refractivity contribution in [3.05, 3.63) is 87.4 Å². The molecule has 0 aliphatic carbocycles. The average Bonchev–Trinajstić information content (AvgIpc) is 3.04. The summed E-state index contributed by atoms with van der Waals surface area (Å²) >= 11 is 4.88. The molecule has 0 atom stereocenters. The summed E-state index contributed by atoms with van der Waals surface area (Å²) in [7, 11) is -2.10. The maximum absolute atomic E-state index is 13.1. The highest BCUT2D eigenvalue weighted by Gasteiger charge is 2.15. The molecule has 6 nitrogen and oxygen atoms in total. The van der Waals surface area contributed by atoms with Crippen LogP contribution in [0.25, 0.3) is 10.2 Å². The standard InChI is InChI=1S/C21H15BrFN3O3S2/c1-26-19-17(22)6-3-7-18(19)30-21(26)24-20(27)13-4-2-5-15(12-13)25-31(28,29)16-10-8-14(23)9-11-16/h2-12,25H,1H3. The van der Waals surface area contributed by atoms with Gasteiger partial charge in [0, 0.05) is 22.8 Å². The van der Waals surface area contributed by atoms with E-state index in [0.29, 0.717) is 4.80 Å². The number of anilines is 1. The van der Waals surface area contributed by atoms with Crippen molar-refractivity contribution in [3.8, 4) is 0 Å². The van der Waals surface area contributed by atoms with E-state index < -0.39 is 21.7 Å². The van der Waals surface area contributed by atoms with Crippen LogP contribution in [0.2, 0.25) is 0 Å². The van der Waals surface area contributed by atoms with E-state index in [1.165, 1.54) is 35.6 Å². The molecular formula is C21H15BrFN3O3S2. The Hall–Kier alpha value is -2.82. The molecule has 158 valence electrons. The summed E-state index contributed by atoms with van der Waals surface area (Å²) in [5, 5.41) is 0. The second-order valence-electron chi connectivity index (χ2n) is 6.59. The average molecular weight is 520 g/mol. The van der Waals surface area contributed by atoms with Gasteiger partial charge < -0.3 is 4.57 Å². The number of carbonyl (C=O) groups is 1. The van der Waals surface area contributed by atoms with Crippen LogP contribution < -0.4 is 9.52 Å². The summed E-state index contributed by atoms with van der Waals surface area (Å²) in [5.41, 5.74) is 1.37. The van der Waals surface area contributed by atoms with E-state index in [1.807, 2.05) is 29.8 Å². The molecule has 0 fully saturated rings. The van der Waals surface area contributed by atoms with Gasteiger partial charge in [0.15, 0.2) is 4.80 Å². The first-order valence-corrected chi connectivity index (χ1v) is 12.1. The van der Waals surface area contributed by atoms with Crippen molar-refractivity contribution in [1.82, 2.24) is 4.57 Å². The first-order chi connectivity index (χ1) is 14.7. The Labute approximate surface area is 189 Å². The smallest absolute Gasteiger partial charge is 0.279 e. The first kappa shape index (κ1) is 21.4. The molecule has 3 aromatic carbocycles. The zero-order valence-electron chi connectivity index (χ0n) is 16.0. The summed E-state index contributed by atoms with van der Waals surface area (Å²) in [4.78, 5) is 17.4. The van der Waals surface area contributed by atoms with Gasteiger partial charge in [-0.1, -0.05) is 23.5 Å². The van der Waals surface area contributed by atoms with Crippen LogP contribution in [0.1, 0.15) is 10.4 Å². The number of aryl methyl sites for hydroxylation is 1. The number of nitrogens with one attached hydrogen (secondary N) is 1. The van der Waals surface area contributed by atoms with Gasteiger partial charge in [-0.25, -0.2) is 12.8 Å². The van der Waals surface area contributed by atoms with E-state index in [9.17, 15) is 17.6 Å². The lowest BCUT2D eigenvalue weighted by molar-refractivity contribution is 0.0998. The number of carbonyl (C=O) groups excluding carboxylic acids is 1. The number of aromatic nitrogens is 1. The zero-order chi connectivity index (χ0) is 22.2. The Balaban J connectivity index is 1.65. The number of para-hydroxylation sites is 1. The van der Waals surface area contributed by atoms with Gasteiger partial charge in [0.2, 0.25) is 0 Å². The largest absolute Gasteiger partial charge is 0.318 e. The Kier molecular flexibility index (Phi) is 5.78. The highest BCUT2D eigenvalue weighted by atomic mass is 79.9. The maximum Gasteiger partial charge on any atom is 0.279 e. The van der Waals surface area contributed by atoms with E-state index >= 15 is 0 Å². The number of amides is 1. The van der Waals surface area contributed by atoms with Crippen LogP contribution in [0.5, 0.6) is 0 Å². The molecule has 1 amide bonds. The van der Waals surface area contributed by atoms with Crippen molar-refractivity contribution in [2.75, 3.05) is 4.72 Å².